The highest BCUT2D eigenvalue weighted by atomic mass is 32.2. The number of alkyl halides is 3. The van der Waals surface area contributed by atoms with Gasteiger partial charge in [0.15, 0.2) is 0 Å². The number of thioether (sulfide) groups is 1. The molecule has 0 spiro atoms. The number of hydrogen-bond donors (Lipinski definition) is 1. The van der Waals surface area contributed by atoms with E-state index in [0.29, 0.717) is 6.54 Å². The van der Waals surface area contributed by atoms with Gasteiger partial charge >= 0.3 is 5.51 Å². The summed E-state index contributed by atoms with van der Waals surface area (Å²) in [6.07, 6.45) is 0. The number of hydrogen-bond acceptors (Lipinski definition) is 2. The maximum Gasteiger partial charge on any atom is 0.446 e. The molecule has 0 unspecified atom stereocenters. The van der Waals surface area contributed by atoms with E-state index in [1.54, 1.807) is 12.1 Å². The van der Waals surface area contributed by atoms with Crippen molar-refractivity contribution < 1.29 is 13.2 Å². The van der Waals surface area contributed by atoms with Crippen molar-refractivity contribution in [1.29, 1.82) is 0 Å². The molecule has 0 heterocycles. The van der Waals surface area contributed by atoms with Gasteiger partial charge in [-0.2, -0.15) is 13.2 Å². The monoisotopic (exact) mass is 297 g/mol. The molecule has 0 aromatic heterocycles. The van der Waals surface area contributed by atoms with Gasteiger partial charge in [0.1, 0.15) is 0 Å². The van der Waals surface area contributed by atoms with Gasteiger partial charge in [0.05, 0.1) is 0 Å². The Labute approximate surface area is 120 Å². The normalized spacial score (nSPS) is 11.4. The maximum absolute atomic E-state index is 12.2. The molecule has 0 saturated heterocycles. The first-order valence-corrected chi connectivity index (χ1v) is 6.90. The van der Waals surface area contributed by atoms with Gasteiger partial charge in [-0.1, -0.05) is 24.3 Å². The van der Waals surface area contributed by atoms with Crippen molar-refractivity contribution in [2.24, 2.45) is 0 Å². The molecule has 2 aromatic carbocycles. The van der Waals surface area contributed by atoms with Crippen LogP contribution in [0.4, 0.5) is 18.9 Å². The van der Waals surface area contributed by atoms with Crippen LogP contribution in [0, 0.1) is 6.92 Å². The Hall–Kier alpha value is -1.62. The largest absolute Gasteiger partial charge is 0.446 e. The maximum atomic E-state index is 12.2. The van der Waals surface area contributed by atoms with E-state index in [1.165, 1.54) is 23.3 Å². The molecule has 0 aliphatic heterocycles. The minimum Gasteiger partial charge on any atom is -0.381 e. The molecule has 0 aliphatic carbocycles. The van der Waals surface area contributed by atoms with E-state index in [9.17, 15) is 13.2 Å². The van der Waals surface area contributed by atoms with Crippen molar-refractivity contribution in [3.63, 3.8) is 0 Å². The summed E-state index contributed by atoms with van der Waals surface area (Å²) in [5, 5.41) is 3.20. The smallest absolute Gasteiger partial charge is 0.381 e. The lowest BCUT2D eigenvalue weighted by Gasteiger charge is -2.10. The summed E-state index contributed by atoms with van der Waals surface area (Å²) in [5.41, 5.74) is -1.08. The highest BCUT2D eigenvalue weighted by molar-refractivity contribution is 8.00. The highest BCUT2D eigenvalue weighted by Gasteiger charge is 2.28. The fourth-order valence-electron chi connectivity index (χ4n) is 1.78. The van der Waals surface area contributed by atoms with E-state index < -0.39 is 5.51 Å². The Morgan fingerprint density at radius 1 is 1.00 bits per heavy atom. The van der Waals surface area contributed by atoms with Crippen molar-refractivity contribution in [2.45, 2.75) is 23.9 Å². The van der Waals surface area contributed by atoms with Gasteiger partial charge in [-0.15, -0.1) is 0 Å². The van der Waals surface area contributed by atoms with Crippen LogP contribution in [-0.4, -0.2) is 5.51 Å². The van der Waals surface area contributed by atoms with Crippen LogP contribution in [0.1, 0.15) is 11.1 Å². The summed E-state index contributed by atoms with van der Waals surface area (Å²) in [4.78, 5) is 0.193. The number of benzene rings is 2. The lowest BCUT2D eigenvalue weighted by atomic mass is 10.1. The molecule has 106 valence electrons. The van der Waals surface area contributed by atoms with Gasteiger partial charge in [-0.05, 0) is 54.1 Å². The molecule has 2 rings (SSSR count). The lowest BCUT2D eigenvalue weighted by molar-refractivity contribution is -0.0328. The van der Waals surface area contributed by atoms with Gasteiger partial charge < -0.3 is 5.32 Å². The summed E-state index contributed by atoms with van der Waals surface area (Å²) in [7, 11) is 0. The van der Waals surface area contributed by atoms with E-state index in [-0.39, 0.29) is 16.7 Å². The van der Waals surface area contributed by atoms with E-state index >= 15 is 0 Å². The Morgan fingerprint density at radius 3 is 2.25 bits per heavy atom. The minimum atomic E-state index is -4.24. The van der Waals surface area contributed by atoms with Crippen LogP contribution in [0.25, 0.3) is 0 Å². The fourth-order valence-corrected chi connectivity index (χ4v) is 2.32. The van der Waals surface area contributed by atoms with Crippen LogP contribution in [0.15, 0.2) is 53.4 Å². The van der Waals surface area contributed by atoms with Crippen LogP contribution in [0.2, 0.25) is 0 Å². The van der Waals surface area contributed by atoms with Crippen molar-refractivity contribution in [1.82, 2.24) is 0 Å². The zero-order chi connectivity index (χ0) is 14.6. The third-order valence-corrected chi connectivity index (χ3v) is 3.57. The van der Waals surface area contributed by atoms with Gasteiger partial charge in [-0.3, -0.25) is 0 Å². The molecule has 0 radical (unpaired) electrons. The summed E-state index contributed by atoms with van der Waals surface area (Å²) in [6.45, 7) is 2.68. The summed E-state index contributed by atoms with van der Waals surface area (Å²) in [6, 6.07) is 14.3. The predicted molar refractivity (Wildman–Crippen MR) is 76.9 cm³/mol. The second-order valence-corrected chi connectivity index (χ2v) is 5.49. The third kappa shape index (κ3) is 4.49. The number of anilines is 1. The molecule has 0 saturated carbocycles. The van der Waals surface area contributed by atoms with Crippen LogP contribution in [-0.2, 0) is 6.54 Å². The van der Waals surface area contributed by atoms with Crippen LogP contribution < -0.4 is 5.32 Å². The molecule has 0 fully saturated rings. The minimum absolute atomic E-state index is 0.101. The predicted octanol–water partition coefficient (Wildman–Crippen LogP) is 5.22. The molecule has 0 atom stereocenters. The molecule has 0 aliphatic rings. The Kier molecular flexibility index (Phi) is 4.60. The number of rotatable bonds is 4. The average Bonchev–Trinajstić information content (AvgIpc) is 2.38. The molecule has 0 amide bonds. The first kappa shape index (κ1) is 14.8. The van der Waals surface area contributed by atoms with Crippen molar-refractivity contribution in [3.8, 4) is 0 Å². The number of nitrogens with one attached hydrogen (secondary N) is 1. The molecule has 0 bridgehead atoms. The average molecular weight is 297 g/mol. The van der Waals surface area contributed by atoms with Gasteiger partial charge in [-0.25, -0.2) is 0 Å². The molecule has 20 heavy (non-hydrogen) atoms. The summed E-state index contributed by atoms with van der Waals surface area (Å²) < 4.78 is 36.6. The zero-order valence-electron chi connectivity index (χ0n) is 10.9. The van der Waals surface area contributed by atoms with Gasteiger partial charge in [0.25, 0.3) is 0 Å². The first-order valence-electron chi connectivity index (χ1n) is 6.08. The van der Waals surface area contributed by atoms with Crippen molar-refractivity contribution in [2.75, 3.05) is 5.32 Å². The van der Waals surface area contributed by atoms with E-state index in [0.717, 1.165) is 5.69 Å². The van der Waals surface area contributed by atoms with Crippen LogP contribution in [0.3, 0.4) is 0 Å². The molecule has 1 N–H and O–H groups in total. The van der Waals surface area contributed by atoms with Gasteiger partial charge in [0.2, 0.25) is 0 Å². The topological polar surface area (TPSA) is 12.0 Å². The number of aryl methyl sites for hydroxylation is 1. The van der Waals surface area contributed by atoms with Crippen molar-refractivity contribution in [3.05, 3.63) is 59.7 Å². The third-order valence-electron chi connectivity index (χ3n) is 2.83. The summed E-state index contributed by atoms with van der Waals surface area (Å²) in [5.74, 6) is 0. The standard InChI is InChI=1S/C15H14F3NS/c1-11-4-2-3-5-12(11)10-19-13-6-8-14(9-7-13)20-15(16,17)18/h2-9,19H,10H2,1H3. The molecule has 1 nitrogen and oxygen atoms in total. The Balaban J connectivity index is 1.96. The molecular weight excluding hydrogens is 283 g/mol. The SMILES string of the molecule is Cc1ccccc1CNc1ccc(SC(F)(F)F)cc1. The first-order chi connectivity index (χ1) is 9.44. The second-order valence-electron chi connectivity index (χ2n) is 4.35. The van der Waals surface area contributed by atoms with Gasteiger partial charge in [0, 0.05) is 17.1 Å². The quantitative estimate of drug-likeness (QED) is 0.777. The summed E-state index contributed by atoms with van der Waals surface area (Å²) >= 11 is -0.101. The second kappa shape index (κ2) is 6.22. The zero-order valence-corrected chi connectivity index (χ0v) is 11.7. The van der Waals surface area contributed by atoms with Crippen LogP contribution >= 0.6 is 11.8 Å². The number of halogens is 3. The van der Waals surface area contributed by atoms with Crippen molar-refractivity contribution >= 4 is 17.4 Å². The Morgan fingerprint density at radius 2 is 1.65 bits per heavy atom. The van der Waals surface area contributed by atoms with E-state index in [2.05, 4.69) is 5.32 Å². The fraction of sp³-hybridized carbons (Fsp3) is 0.200. The van der Waals surface area contributed by atoms with E-state index in [1.807, 2.05) is 31.2 Å². The highest BCUT2D eigenvalue weighted by Crippen LogP contribution is 2.37. The van der Waals surface area contributed by atoms with Crippen LogP contribution in [0.5, 0.6) is 0 Å². The van der Waals surface area contributed by atoms with E-state index in [4.69, 9.17) is 0 Å². The Bertz CT molecular complexity index is 564. The molecule has 5 heteroatoms. The lowest BCUT2D eigenvalue weighted by Crippen LogP contribution is -2.01. The molecular formula is C15H14F3NS. The molecule has 2 aromatic rings.